The first-order chi connectivity index (χ1) is 10.5. The molecule has 5 nitrogen and oxygen atoms in total. The zero-order valence-corrected chi connectivity index (χ0v) is 14.6. The van der Waals surface area contributed by atoms with Crippen LogP contribution in [0, 0.1) is 0 Å². The number of carbonyl (C=O) groups excluding carboxylic acids is 1. The third-order valence-corrected chi connectivity index (χ3v) is 3.21. The molecule has 0 heterocycles. The second kappa shape index (κ2) is 10.6. The Morgan fingerprint density at radius 1 is 1.18 bits per heavy atom. The van der Waals surface area contributed by atoms with Crippen LogP contribution in [0.4, 0.5) is 0 Å². The number of hydroxylamine groups is 1. The summed E-state index contributed by atoms with van der Waals surface area (Å²) in [5, 5.41) is 3.12. The first kappa shape index (κ1) is 19.9. The Bertz CT molecular complexity index is 538. The first-order valence-corrected chi connectivity index (χ1v) is 7.13. The van der Waals surface area contributed by atoms with Crippen molar-refractivity contribution in [1.82, 2.24) is 10.8 Å². The average Bonchev–Trinajstić information content (AvgIpc) is 2.52. The monoisotopic (exact) mass is 305 g/mol. The second-order valence-electron chi connectivity index (χ2n) is 4.55. The molecule has 22 heavy (non-hydrogen) atoms. The van der Waals surface area contributed by atoms with Gasteiger partial charge in [0.25, 0.3) is 5.91 Å². The highest BCUT2D eigenvalue weighted by Crippen LogP contribution is 2.15. The Kier molecular flexibility index (Phi) is 9.54. The van der Waals surface area contributed by atoms with Gasteiger partial charge in [-0.15, -0.1) is 0 Å². The van der Waals surface area contributed by atoms with Crippen molar-refractivity contribution in [1.29, 1.82) is 0 Å². The molecule has 0 bridgehead atoms. The molecule has 0 aromatic carbocycles. The Hall–Kier alpha value is -2.14. The third kappa shape index (κ3) is 5.69. The van der Waals surface area contributed by atoms with Crippen molar-refractivity contribution >= 4 is 11.6 Å². The fourth-order valence-electron chi connectivity index (χ4n) is 1.85. The van der Waals surface area contributed by atoms with E-state index in [0.29, 0.717) is 5.57 Å². The summed E-state index contributed by atoms with van der Waals surface area (Å²) in [6, 6.07) is 0. The molecule has 0 aromatic rings. The number of amides is 1. The van der Waals surface area contributed by atoms with Crippen molar-refractivity contribution in [3.05, 3.63) is 46.7 Å². The molecule has 0 aliphatic carbocycles. The lowest BCUT2D eigenvalue weighted by atomic mass is 9.98. The summed E-state index contributed by atoms with van der Waals surface area (Å²) >= 11 is 0. The SMILES string of the molecule is CC=C(/C=C(\C=C/C)C(=NC)/C(C)=C(\C)NC)C(=O)NOC. The maximum Gasteiger partial charge on any atom is 0.274 e. The Morgan fingerprint density at radius 2 is 1.82 bits per heavy atom. The van der Waals surface area contributed by atoms with Crippen molar-refractivity contribution in [2.24, 2.45) is 4.99 Å². The van der Waals surface area contributed by atoms with E-state index in [1.54, 1.807) is 26.1 Å². The van der Waals surface area contributed by atoms with Crippen LogP contribution in [0.5, 0.6) is 0 Å². The Balaban J connectivity index is 5.91. The van der Waals surface area contributed by atoms with Gasteiger partial charge in [0, 0.05) is 30.9 Å². The minimum Gasteiger partial charge on any atom is -0.391 e. The largest absolute Gasteiger partial charge is 0.391 e. The summed E-state index contributed by atoms with van der Waals surface area (Å²) in [6.45, 7) is 7.71. The number of aliphatic imine (C=N–C) groups is 1. The van der Waals surface area contributed by atoms with Crippen LogP contribution in [0.15, 0.2) is 51.7 Å². The molecule has 0 saturated carbocycles. The van der Waals surface area contributed by atoms with E-state index in [0.717, 1.165) is 22.6 Å². The normalized spacial score (nSPS) is 15.0. The maximum atomic E-state index is 11.9. The van der Waals surface area contributed by atoms with Crippen LogP contribution in [0.25, 0.3) is 0 Å². The van der Waals surface area contributed by atoms with Gasteiger partial charge in [0.05, 0.1) is 12.8 Å². The van der Waals surface area contributed by atoms with Gasteiger partial charge in [-0.1, -0.05) is 18.2 Å². The molecule has 122 valence electrons. The molecule has 0 spiro atoms. The molecule has 0 radical (unpaired) electrons. The van der Waals surface area contributed by atoms with Gasteiger partial charge in [-0.25, -0.2) is 5.48 Å². The van der Waals surface area contributed by atoms with Crippen LogP contribution >= 0.6 is 0 Å². The molecule has 0 unspecified atom stereocenters. The van der Waals surface area contributed by atoms with Gasteiger partial charge >= 0.3 is 0 Å². The molecule has 0 atom stereocenters. The number of nitrogens with one attached hydrogen (secondary N) is 2. The summed E-state index contributed by atoms with van der Waals surface area (Å²) in [5.41, 5.74) is 6.57. The van der Waals surface area contributed by atoms with Crippen molar-refractivity contribution in [2.45, 2.75) is 27.7 Å². The average molecular weight is 305 g/mol. The lowest BCUT2D eigenvalue weighted by Crippen LogP contribution is -2.23. The molecule has 0 fully saturated rings. The van der Waals surface area contributed by atoms with E-state index in [2.05, 4.69) is 20.6 Å². The summed E-state index contributed by atoms with van der Waals surface area (Å²) < 4.78 is 0. The van der Waals surface area contributed by atoms with Gasteiger partial charge in [-0.2, -0.15) is 0 Å². The first-order valence-electron chi connectivity index (χ1n) is 7.13. The Labute approximate surface area is 133 Å². The third-order valence-electron chi connectivity index (χ3n) is 3.21. The van der Waals surface area contributed by atoms with Crippen LogP contribution in [0.2, 0.25) is 0 Å². The fourth-order valence-corrected chi connectivity index (χ4v) is 1.85. The second-order valence-corrected chi connectivity index (χ2v) is 4.55. The van der Waals surface area contributed by atoms with Crippen LogP contribution in [-0.2, 0) is 9.63 Å². The zero-order valence-electron chi connectivity index (χ0n) is 14.6. The molecule has 0 saturated heterocycles. The molecule has 0 aliphatic rings. The number of allylic oxidation sites excluding steroid dienone is 6. The van der Waals surface area contributed by atoms with Crippen LogP contribution in [0.1, 0.15) is 27.7 Å². The number of carbonyl (C=O) groups is 1. The van der Waals surface area contributed by atoms with E-state index in [4.69, 9.17) is 0 Å². The lowest BCUT2D eigenvalue weighted by molar-refractivity contribution is -0.127. The van der Waals surface area contributed by atoms with Gasteiger partial charge in [0.1, 0.15) is 0 Å². The van der Waals surface area contributed by atoms with Crippen molar-refractivity contribution in [3.63, 3.8) is 0 Å². The minimum atomic E-state index is -0.297. The number of rotatable bonds is 7. The van der Waals surface area contributed by atoms with Crippen LogP contribution in [0.3, 0.4) is 0 Å². The topological polar surface area (TPSA) is 62.7 Å². The van der Waals surface area contributed by atoms with E-state index in [1.807, 2.05) is 40.0 Å². The fraction of sp³-hybridized carbons (Fsp3) is 0.412. The van der Waals surface area contributed by atoms with E-state index in [9.17, 15) is 4.79 Å². The molecular weight excluding hydrogens is 278 g/mol. The van der Waals surface area contributed by atoms with Gasteiger partial charge in [0.15, 0.2) is 0 Å². The molecular formula is C17H27N3O2. The smallest absolute Gasteiger partial charge is 0.274 e. The van der Waals surface area contributed by atoms with Crippen molar-refractivity contribution < 1.29 is 9.63 Å². The standard InChI is InChI=1S/C17H27N3O2/c1-8-10-15(11-14(9-2)17(21)20-22-7)16(19-6)12(3)13(4)18-5/h8-11,18H,1-7H3,(H,20,21)/b10-8-,13-12+,14-9?,15-11+,19-16?. The number of hydrogen-bond donors (Lipinski definition) is 2. The van der Waals surface area contributed by atoms with Gasteiger partial charge in [0.2, 0.25) is 0 Å². The Morgan fingerprint density at radius 3 is 2.23 bits per heavy atom. The molecule has 0 rings (SSSR count). The van der Waals surface area contributed by atoms with E-state index >= 15 is 0 Å². The highest BCUT2D eigenvalue weighted by atomic mass is 16.6. The summed E-state index contributed by atoms with van der Waals surface area (Å²) in [7, 11) is 5.02. The highest BCUT2D eigenvalue weighted by Gasteiger charge is 2.12. The molecule has 1 amide bonds. The summed E-state index contributed by atoms with van der Waals surface area (Å²) in [5.74, 6) is -0.297. The number of nitrogens with zero attached hydrogens (tertiary/aromatic N) is 1. The van der Waals surface area contributed by atoms with Crippen molar-refractivity contribution in [3.8, 4) is 0 Å². The lowest BCUT2D eigenvalue weighted by Gasteiger charge is -2.12. The van der Waals surface area contributed by atoms with E-state index in [-0.39, 0.29) is 5.91 Å². The van der Waals surface area contributed by atoms with E-state index < -0.39 is 0 Å². The predicted molar refractivity (Wildman–Crippen MR) is 92.6 cm³/mol. The quantitative estimate of drug-likeness (QED) is 0.329. The van der Waals surface area contributed by atoms with Crippen molar-refractivity contribution in [2.75, 3.05) is 21.2 Å². The highest BCUT2D eigenvalue weighted by molar-refractivity contribution is 6.15. The van der Waals surface area contributed by atoms with Gasteiger partial charge in [-0.05, 0) is 39.3 Å². The zero-order chi connectivity index (χ0) is 17.1. The van der Waals surface area contributed by atoms with Gasteiger partial charge in [-0.3, -0.25) is 14.6 Å². The van der Waals surface area contributed by atoms with Gasteiger partial charge < -0.3 is 5.32 Å². The molecule has 0 aromatic heterocycles. The summed E-state index contributed by atoms with van der Waals surface area (Å²) in [4.78, 5) is 21.0. The maximum absolute atomic E-state index is 11.9. The molecule has 0 aliphatic heterocycles. The molecule has 2 N–H and O–H groups in total. The van der Waals surface area contributed by atoms with E-state index in [1.165, 1.54) is 7.11 Å². The number of hydrogen-bond acceptors (Lipinski definition) is 4. The van der Waals surface area contributed by atoms with Crippen LogP contribution < -0.4 is 10.8 Å². The molecule has 5 heteroatoms. The van der Waals surface area contributed by atoms with Crippen LogP contribution in [-0.4, -0.2) is 32.8 Å². The predicted octanol–water partition coefficient (Wildman–Crippen LogP) is 2.70. The minimum absolute atomic E-state index is 0.297. The summed E-state index contributed by atoms with van der Waals surface area (Å²) in [6.07, 6.45) is 7.37.